The zero-order valence-electron chi connectivity index (χ0n) is 30.6. The van der Waals surface area contributed by atoms with Crippen molar-refractivity contribution in [3.63, 3.8) is 0 Å². The maximum Gasteiger partial charge on any atom is 0.197 e. The van der Waals surface area contributed by atoms with Crippen LogP contribution < -0.4 is 16.2 Å². The summed E-state index contributed by atoms with van der Waals surface area (Å²) in [5.41, 5.74) is 23.1. The molecule has 0 bridgehead atoms. The van der Waals surface area contributed by atoms with Gasteiger partial charge in [-0.15, -0.1) is 0 Å². The van der Waals surface area contributed by atoms with Gasteiger partial charge in [-0.05, 0) is 110 Å². The second-order valence-electron chi connectivity index (χ2n) is 16.1. The first-order valence-electron chi connectivity index (χ1n) is 19.1. The van der Waals surface area contributed by atoms with E-state index < -0.39 is 0 Å². The number of anilines is 2. The number of hydrogen-bond donors (Lipinski definition) is 1. The van der Waals surface area contributed by atoms with Crippen LogP contribution in [0.2, 0.25) is 0 Å². The predicted octanol–water partition coefficient (Wildman–Crippen LogP) is 11.5. The smallest absolute Gasteiger partial charge is 0.197 e. The summed E-state index contributed by atoms with van der Waals surface area (Å²) in [5.74, 6) is 0. The lowest BCUT2D eigenvalue weighted by Crippen LogP contribution is -2.41. The van der Waals surface area contributed by atoms with Crippen molar-refractivity contribution in [2.24, 2.45) is 0 Å². The minimum Gasteiger partial charge on any atom is -0.355 e. The fourth-order valence-corrected chi connectivity index (χ4v) is 10.1. The molecule has 0 amide bonds. The first-order chi connectivity index (χ1) is 26.4. The number of rotatable bonds is 4. The Balaban J connectivity index is 1.24. The van der Waals surface area contributed by atoms with Crippen LogP contribution in [0.4, 0.5) is 11.4 Å². The lowest BCUT2D eigenvalue weighted by atomic mass is 9.57. The summed E-state index contributed by atoms with van der Waals surface area (Å²) in [6.07, 6.45) is 0.963. The molecule has 3 heteroatoms. The minimum atomic E-state index is -0.170. The second kappa shape index (κ2) is 10.6. The van der Waals surface area contributed by atoms with Crippen molar-refractivity contribution in [2.45, 2.75) is 32.6 Å². The Morgan fingerprint density at radius 2 is 1.37 bits per heavy atom. The molecule has 54 heavy (non-hydrogen) atoms. The SMILES string of the molecule is Cc1ccc(Nc2ccccc2-c2cc(-c3ccc4c(c3)Cc3ccccc3-4)c3c4c5ccccc5cc5c4n4c3c2[B]c2cccc(c2-4)C5(C)C)cc1. The van der Waals surface area contributed by atoms with Gasteiger partial charge in [0.1, 0.15) is 0 Å². The topological polar surface area (TPSA) is 17.0 Å². The number of para-hydroxylation sites is 2. The molecule has 0 spiro atoms. The molecule has 0 unspecified atom stereocenters. The number of aryl methyl sites for hydroxylation is 1. The molecule has 1 aliphatic carbocycles. The minimum absolute atomic E-state index is 0.170. The Morgan fingerprint density at radius 3 is 2.26 bits per heavy atom. The Bertz CT molecular complexity index is 3110. The van der Waals surface area contributed by atoms with E-state index in [-0.39, 0.29) is 5.41 Å². The quantitative estimate of drug-likeness (QED) is 0.182. The molecular formula is C51H36BN2. The third kappa shape index (κ3) is 3.96. The lowest BCUT2D eigenvalue weighted by molar-refractivity contribution is 0.632. The van der Waals surface area contributed by atoms with Crippen LogP contribution in [0.25, 0.3) is 71.6 Å². The molecule has 9 aromatic rings. The molecule has 1 aromatic heterocycles. The monoisotopic (exact) mass is 687 g/mol. The summed E-state index contributed by atoms with van der Waals surface area (Å²) in [5, 5.41) is 9.12. The number of nitrogens with one attached hydrogen (secondary N) is 1. The highest BCUT2D eigenvalue weighted by Crippen LogP contribution is 2.53. The number of hydrogen-bond acceptors (Lipinski definition) is 1. The Labute approximate surface area is 316 Å². The highest BCUT2D eigenvalue weighted by atomic mass is 15.0. The number of fused-ring (bicyclic) bond motifs is 6. The molecule has 8 aromatic carbocycles. The fraction of sp³-hybridized carbons (Fsp3) is 0.0980. The summed E-state index contributed by atoms with van der Waals surface area (Å²) in [6, 6.07) is 54.6. The van der Waals surface area contributed by atoms with Crippen LogP contribution in [0.15, 0.2) is 146 Å². The zero-order chi connectivity index (χ0) is 35.9. The second-order valence-corrected chi connectivity index (χ2v) is 16.1. The normalized spacial score (nSPS) is 14.1. The molecule has 1 N–H and O–H groups in total. The third-order valence-electron chi connectivity index (χ3n) is 12.6. The molecule has 253 valence electrons. The van der Waals surface area contributed by atoms with Crippen LogP contribution in [0.1, 0.15) is 41.7 Å². The first kappa shape index (κ1) is 30.2. The molecule has 2 aliphatic heterocycles. The van der Waals surface area contributed by atoms with Gasteiger partial charge >= 0.3 is 0 Å². The van der Waals surface area contributed by atoms with Gasteiger partial charge in [0, 0.05) is 44.3 Å². The molecule has 0 saturated heterocycles. The molecule has 3 aliphatic rings. The van der Waals surface area contributed by atoms with E-state index in [4.69, 9.17) is 0 Å². The van der Waals surface area contributed by atoms with Crippen molar-refractivity contribution in [3.8, 4) is 39.1 Å². The first-order valence-corrected chi connectivity index (χ1v) is 19.1. The van der Waals surface area contributed by atoms with Crippen molar-refractivity contribution < 1.29 is 0 Å². The van der Waals surface area contributed by atoms with Gasteiger partial charge < -0.3 is 9.88 Å². The molecule has 2 nitrogen and oxygen atoms in total. The van der Waals surface area contributed by atoms with Crippen LogP contribution in [0.3, 0.4) is 0 Å². The standard InChI is InChI=1S/C51H36BN2/c1-29-19-22-34(23-20-29)53-44-18-9-8-15-38(44)40-28-39(32-21-24-36-33(26-32)25-30-11-4-6-13-35(30)36)46-45-37-14-7-5-12-31(37)27-42-49(45)54-48-41(51(42,2)3)16-10-17-43(48)52-47(40)50(46)54/h4-24,26-28,53H,25H2,1-3H3. The predicted molar refractivity (Wildman–Crippen MR) is 229 cm³/mol. The van der Waals surface area contributed by atoms with Gasteiger partial charge in [0.25, 0.3) is 0 Å². The lowest BCUT2D eigenvalue weighted by Gasteiger charge is -2.38. The van der Waals surface area contributed by atoms with Crippen molar-refractivity contribution in [3.05, 3.63) is 173 Å². The highest BCUT2D eigenvalue weighted by molar-refractivity contribution is 6.74. The molecule has 0 fully saturated rings. The van der Waals surface area contributed by atoms with E-state index in [1.807, 2.05) is 0 Å². The van der Waals surface area contributed by atoms with Crippen molar-refractivity contribution >= 4 is 62.2 Å². The highest BCUT2D eigenvalue weighted by Gasteiger charge is 2.40. The summed E-state index contributed by atoms with van der Waals surface area (Å²) >= 11 is 0. The molecule has 0 atom stereocenters. The van der Waals surface area contributed by atoms with Crippen LogP contribution in [-0.4, -0.2) is 11.8 Å². The van der Waals surface area contributed by atoms with Gasteiger partial charge in [-0.2, -0.15) is 0 Å². The Morgan fingerprint density at radius 1 is 0.593 bits per heavy atom. The third-order valence-corrected chi connectivity index (χ3v) is 12.6. The van der Waals surface area contributed by atoms with E-state index in [1.165, 1.54) is 110 Å². The zero-order valence-corrected chi connectivity index (χ0v) is 30.6. The molecule has 0 saturated carbocycles. The van der Waals surface area contributed by atoms with Gasteiger partial charge in [-0.1, -0.05) is 140 Å². The van der Waals surface area contributed by atoms with Crippen LogP contribution >= 0.6 is 0 Å². The number of aromatic nitrogens is 1. The van der Waals surface area contributed by atoms with Crippen LogP contribution in [0.5, 0.6) is 0 Å². The van der Waals surface area contributed by atoms with E-state index in [2.05, 4.69) is 184 Å². The molecule has 1 radical (unpaired) electrons. The van der Waals surface area contributed by atoms with E-state index in [1.54, 1.807) is 0 Å². The average molecular weight is 688 g/mol. The van der Waals surface area contributed by atoms with Crippen molar-refractivity contribution in [2.75, 3.05) is 5.32 Å². The van der Waals surface area contributed by atoms with E-state index >= 15 is 0 Å². The summed E-state index contributed by atoms with van der Waals surface area (Å²) in [7, 11) is 2.48. The van der Waals surface area contributed by atoms with E-state index in [9.17, 15) is 0 Å². The molecule has 3 heterocycles. The fourth-order valence-electron chi connectivity index (χ4n) is 10.1. The van der Waals surface area contributed by atoms with Gasteiger partial charge in [-0.3, -0.25) is 0 Å². The maximum absolute atomic E-state index is 3.81. The van der Waals surface area contributed by atoms with Crippen molar-refractivity contribution in [1.29, 1.82) is 0 Å². The number of benzene rings is 8. The van der Waals surface area contributed by atoms with Crippen molar-refractivity contribution in [1.82, 2.24) is 4.57 Å². The van der Waals surface area contributed by atoms with E-state index in [0.717, 1.165) is 17.8 Å². The summed E-state index contributed by atoms with van der Waals surface area (Å²) in [4.78, 5) is 0. The average Bonchev–Trinajstić information content (AvgIpc) is 3.76. The van der Waals surface area contributed by atoms with Gasteiger partial charge in [0.15, 0.2) is 7.28 Å². The Hall–Kier alpha value is -6.32. The van der Waals surface area contributed by atoms with Crippen LogP contribution in [0, 0.1) is 6.92 Å². The van der Waals surface area contributed by atoms with Gasteiger partial charge in [0.05, 0.1) is 5.52 Å². The summed E-state index contributed by atoms with van der Waals surface area (Å²) in [6.45, 7) is 6.97. The molecule has 12 rings (SSSR count). The van der Waals surface area contributed by atoms with Gasteiger partial charge in [0.2, 0.25) is 0 Å². The Kier molecular flexibility index (Phi) is 5.95. The van der Waals surface area contributed by atoms with Gasteiger partial charge in [-0.25, -0.2) is 0 Å². The summed E-state index contributed by atoms with van der Waals surface area (Å²) < 4.78 is 2.66. The van der Waals surface area contributed by atoms with Crippen LogP contribution in [-0.2, 0) is 11.8 Å². The number of nitrogens with zero attached hydrogens (tertiary/aromatic N) is 1. The molecular weight excluding hydrogens is 651 g/mol. The maximum atomic E-state index is 3.81. The largest absolute Gasteiger partial charge is 0.355 e. The van der Waals surface area contributed by atoms with E-state index in [0.29, 0.717) is 0 Å².